The molecule has 0 fully saturated rings. The van der Waals surface area contributed by atoms with Gasteiger partial charge in [0.1, 0.15) is 22.1 Å². The summed E-state index contributed by atoms with van der Waals surface area (Å²) in [7, 11) is 0. The third kappa shape index (κ3) is 3.25. The molecule has 0 radical (unpaired) electrons. The van der Waals surface area contributed by atoms with Crippen molar-refractivity contribution in [3.8, 4) is 0 Å². The molecular formula is C10H12Cl2N2O2. The van der Waals surface area contributed by atoms with E-state index in [2.05, 4.69) is 4.98 Å². The summed E-state index contributed by atoms with van der Waals surface area (Å²) in [6, 6.07) is 1.35. The van der Waals surface area contributed by atoms with E-state index in [1.54, 1.807) is 20.8 Å². The van der Waals surface area contributed by atoms with Gasteiger partial charge in [0, 0.05) is 0 Å². The zero-order valence-electron chi connectivity index (χ0n) is 9.17. The number of hydrogen-bond acceptors (Lipinski definition) is 4. The fraction of sp³-hybridized carbons (Fsp3) is 0.400. The molecule has 1 aromatic heterocycles. The van der Waals surface area contributed by atoms with E-state index >= 15 is 0 Å². The highest BCUT2D eigenvalue weighted by molar-refractivity contribution is 6.36. The number of pyridine rings is 1. The Morgan fingerprint density at radius 2 is 2.00 bits per heavy atom. The van der Waals surface area contributed by atoms with Gasteiger partial charge in [0.05, 0.1) is 5.02 Å². The normalized spacial score (nSPS) is 11.3. The molecule has 2 N–H and O–H groups in total. The van der Waals surface area contributed by atoms with Crippen molar-refractivity contribution in [2.75, 3.05) is 5.73 Å². The molecule has 0 aliphatic rings. The molecule has 0 spiro atoms. The summed E-state index contributed by atoms with van der Waals surface area (Å²) >= 11 is 11.5. The molecule has 0 saturated heterocycles. The van der Waals surface area contributed by atoms with Crippen molar-refractivity contribution in [3.05, 3.63) is 21.8 Å². The lowest BCUT2D eigenvalue weighted by Crippen LogP contribution is -2.25. The lowest BCUT2D eigenvalue weighted by molar-refractivity contribution is 0.00707. The van der Waals surface area contributed by atoms with E-state index in [1.165, 1.54) is 6.07 Å². The van der Waals surface area contributed by atoms with Crippen LogP contribution in [0.3, 0.4) is 0 Å². The number of carbonyl (C=O) groups is 1. The maximum atomic E-state index is 11.7. The Bertz CT molecular complexity index is 404. The summed E-state index contributed by atoms with van der Waals surface area (Å²) in [5, 5.41) is 0.265. The monoisotopic (exact) mass is 262 g/mol. The van der Waals surface area contributed by atoms with Crippen LogP contribution in [-0.2, 0) is 4.74 Å². The Morgan fingerprint density at radius 3 is 2.44 bits per heavy atom. The smallest absolute Gasteiger partial charge is 0.343 e. The lowest BCUT2D eigenvalue weighted by Gasteiger charge is -2.20. The Morgan fingerprint density at radius 1 is 1.44 bits per heavy atom. The molecule has 1 heterocycles. The topological polar surface area (TPSA) is 65.2 Å². The number of aromatic nitrogens is 1. The summed E-state index contributed by atoms with van der Waals surface area (Å²) in [6.07, 6.45) is 0. The number of carbonyl (C=O) groups excluding carboxylic acids is 1. The predicted octanol–water partition coefficient (Wildman–Crippen LogP) is 2.93. The molecular weight excluding hydrogens is 251 g/mol. The van der Waals surface area contributed by atoms with Crippen molar-refractivity contribution >= 4 is 35.0 Å². The van der Waals surface area contributed by atoms with Crippen LogP contribution in [0.4, 0.5) is 5.82 Å². The van der Waals surface area contributed by atoms with E-state index < -0.39 is 11.6 Å². The van der Waals surface area contributed by atoms with Crippen LogP contribution >= 0.6 is 23.2 Å². The molecule has 0 bridgehead atoms. The van der Waals surface area contributed by atoms with Gasteiger partial charge in [-0.2, -0.15) is 0 Å². The number of halogens is 2. The van der Waals surface area contributed by atoms with E-state index in [-0.39, 0.29) is 21.6 Å². The molecule has 0 atom stereocenters. The highest BCUT2D eigenvalue weighted by Gasteiger charge is 2.23. The summed E-state index contributed by atoms with van der Waals surface area (Å²) in [4.78, 5) is 15.5. The highest BCUT2D eigenvalue weighted by atomic mass is 35.5. The first-order chi connectivity index (χ1) is 7.20. The van der Waals surface area contributed by atoms with Gasteiger partial charge in [0.25, 0.3) is 0 Å². The standard InChI is InChI=1S/C10H12Cl2N2O2/c1-10(2,3)16-9(15)7-5(11)4-6(12)14-8(7)13/h4H,1-3H3,(H2,13,14). The maximum absolute atomic E-state index is 11.7. The third-order valence-electron chi connectivity index (χ3n) is 1.57. The molecule has 0 aliphatic heterocycles. The number of nitrogen functional groups attached to an aromatic ring is 1. The van der Waals surface area contributed by atoms with Crippen molar-refractivity contribution < 1.29 is 9.53 Å². The van der Waals surface area contributed by atoms with E-state index in [0.29, 0.717) is 0 Å². The molecule has 88 valence electrons. The van der Waals surface area contributed by atoms with Gasteiger partial charge in [-0.25, -0.2) is 9.78 Å². The maximum Gasteiger partial charge on any atom is 0.343 e. The first kappa shape index (κ1) is 13.1. The van der Waals surface area contributed by atoms with Gasteiger partial charge in [0.2, 0.25) is 0 Å². The second-order valence-corrected chi connectivity index (χ2v) is 4.98. The van der Waals surface area contributed by atoms with Crippen LogP contribution in [0.15, 0.2) is 6.07 Å². The SMILES string of the molecule is CC(C)(C)OC(=O)c1c(Cl)cc(Cl)nc1N. The minimum atomic E-state index is -0.619. The van der Waals surface area contributed by atoms with Crippen LogP contribution in [0, 0.1) is 0 Å². The van der Waals surface area contributed by atoms with Crippen LogP contribution in [0.25, 0.3) is 0 Å². The zero-order chi connectivity index (χ0) is 12.5. The zero-order valence-corrected chi connectivity index (χ0v) is 10.7. The number of nitrogens with two attached hydrogens (primary N) is 1. The molecule has 16 heavy (non-hydrogen) atoms. The average molecular weight is 263 g/mol. The molecule has 0 saturated carbocycles. The second-order valence-electron chi connectivity index (χ2n) is 4.19. The van der Waals surface area contributed by atoms with Gasteiger partial charge in [0.15, 0.2) is 0 Å². The molecule has 1 aromatic rings. The van der Waals surface area contributed by atoms with Crippen LogP contribution < -0.4 is 5.73 Å². The second kappa shape index (κ2) is 4.47. The van der Waals surface area contributed by atoms with Crippen molar-refractivity contribution in [2.24, 2.45) is 0 Å². The molecule has 0 unspecified atom stereocenters. The fourth-order valence-corrected chi connectivity index (χ4v) is 1.57. The molecule has 0 aromatic carbocycles. The van der Waals surface area contributed by atoms with E-state index in [1.807, 2.05) is 0 Å². The van der Waals surface area contributed by atoms with E-state index in [0.717, 1.165) is 0 Å². The molecule has 4 nitrogen and oxygen atoms in total. The predicted molar refractivity (Wildman–Crippen MR) is 63.8 cm³/mol. The first-order valence-corrected chi connectivity index (χ1v) is 5.31. The Kier molecular flexibility index (Phi) is 3.65. The Labute approximate surface area is 104 Å². The summed E-state index contributed by atoms with van der Waals surface area (Å²) < 4.78 is 5.14. The summed E-state index contributed by atoms with van der Waals surface area (Å²) in [5.74, 6) is -0.647. The highest BCUT2D eigenvalue weighted by Crippen LogP contribution is 2.26. The summed E-state index contributed by atoms with van der Waals surface area (Å²) in [5.41, 5.74) is 4.99. The van der Waals surface area contributed by atoms with Gasteiger partial charge in [-0.05, 0) is 26.8 Å². The van der Waals surface area contributed by atoms with Gasteiger partial charge in [-0.3, -0.25) is 0 Å². The number of anilines is 1. The van der Waals surface area contributed by atoms with Gasteiger partial charge < -0.3 is 10.5 Å². The number of esters is 1. The minimum Gasteiger partial charge on any atom is -0.456 e. The van der Waals surface area contributed by atoms with Crippen molar-refractivity contribution in [1.82, 2.24) is 4.98 Å². The quantitative estimate of drug-likeness (QED) is 0.625. The van der Waals surface area contributed by atoms with Crippen LogP contribution in [0.2, 0.25) is 10.2 Å². The number of rotatable bonds is 1. The van der Waals surface area contributed by atoms with Crippen LogP contribution in [0.5, 0.6) is 0 Å². The number of nitrogens with zero attached hydrogens (tertiary/aromatic N) is 1. The van der Waals surface area contributed by atoms with E-state index in [4.69, 9.17) is 33.7 Å². The van der Waals surface area contributed by atoms with E-state index in [9.17, 15) is 4.79 Å². The molecule has 6 heteroatoms. The van der Waals surface area contributed by atoms with Crippen LogP contribution in [0.1, 0.15) is 31.1 Å². The number of ether oxygens (including phenoxy) is 1. The fourth-order valence-electron chi connectivity index (χ4n) is 1.03. The van der Waals surface area contributed by atoms with Crippen LogP contribution in [-0.4, -0.2) is 16.6 Å². The molecule has 0 aliphatic carbocycles. The largest absolute Gasteiger partial charge is 0.456 e. The van der Waals surface area contributed by atoms with Crippen molar-refractivity contribution in [3.63, 3.8) is 0 Å². The number of hydrogen-bond donors (Lipinski definition) is 1. The first-order valence-electron chi connectivity index (χ1n) is 4.55. The third-order valence-corrected chi connectivity index (χ3v) is 2.06. The van der Waals surface area contributed by atoms with Gasteiger partial charge >= 0.3 is 5.97 Å². The lowest BCUT2D eigenvalue weighted by atomic mass is 10.2. The molecule has 0 amide bonds. The Balaban J connectivity index is 3.10. The van der Waals surface area contributed by atoms with Gasteiger partial charge in [-0.1, -0.05) is 23.2 Å². The minimum absolute atomic E-state index is 0.0354. The Hall–Kier alpha value is -1.00. The van der Waals surface area contributed by atoms with Crippen molar-refractivity contribution in [2.45, 2.75) is 26.4 Å². The van der Waals surface area contributed by atoms with Gasteiger partial charge in [-0.15, -0.1) is 0 Å². The van der Waals surface area contributed by atoms with Crippen molar-refractivity contribution in [1.29, 1.82) is 0 Å². The summed E-state index contributed by atoms with van der Waals surface area (Å²) in [6.45, 7) is 5.25. The molecule has 1 rings (SSSR count). The average Bonchev–Trinajstić information content (AvgIpc) is 1.96.